The van der Waals surface area contributed by atoms with Crippen molar-refractivity contribution in [2.24, 2.45) is 0 Å². The first-order valence-corrected chi connectivity index (χ1v) is 24.5. The van der Waals surface area contributed by atoms with Crippen molar-refractivity contribution < 1.29 is 0 Å². The van der Waals surface area contributed by atoms with Crippen LogP contribution in [0.4, 0.5) is 34.1 Å². The maximum Gasteiger partial charge on any atom is 0.0546 e. The fourth-order valence-corrected chi connectivity index (χ4v) is 9.98. The predicted molar refractivity (Wildman–Crippen MR) is 298 cm³/mol. The molecule has 0 fully saturated rings. The Hall–Kier alpha value is -6.90. The van der Waals surface area contributed by atoms with Crippen LogP contribution in [0, 0.1) is 0 Å². The number of fused-ring (bicyclic) bond motifs is 7. The number of anilines is 6. The van der Waals surface area contributed by atoms with E-state index in [1.807, 2.05) is 0 Å². The Morgan fingerprint density at radius 2 is 0.529 bits per heavy atom. The van der Waals surface area contributed by atoms with Gasteiger partial charge < -0.3 is 9.80 Å². The van der Waals surface area contributed by atoms with Gasteiger partial charge in [0, 0.05) is 33.5 Å². The van der Waals surface area contributed by atoms with Crippen molar-refractivity contribution in [3.63, 3.8) is 0 Å². The van der Waals surface area contributed by atoms with E-state index in [1.165, 1.54) is 87.5 Å². The summed E-state index contributed by atoms with van der Waals surface area (Å²) in [5, 5.41) is 12.2. The van der Waals surface area contributed by atoms with Crippen LogP contribution in [0.5, 0.6) is 0 Å². The highest BCUT2D eigenvalue weighted by Gasteiger charge is 2.28. The van der Waals surface area contributed by atoms with Gasteiger partial charge in [-0.25, -0.2) is 0 Å². The summed E-state index contributed by atoms with van der Waals surface area (Å²) >= 11 is 0. The number of benzene rings is 10. The largest absolute Gasteiger partial charge is 0.310 e. The van der Waals surface area contributed by atoms with Crippen molar-refractivity contribution in [2.75, 3.05) is 9.80 Å². The maximum absolute atomic E-state index is 2.54. The number of hydrogen-bond acceptors (Lipinski definition) is 2. The van der Waals surface area contributed by atoms with Crippen LogP contribution >= 0.6 is 0 Å². The van der Waals surface area contributed by atoms with Crippen LogP contribution in [0.15, 0.2) is 182 Å². The van der Waals surface area contributed by atoms with Gasteiger partial charge in [-0.15, -0.1) is 0 Å². The Balaban J connectivity index is 1.31. The van der Waals surface area contributed by atoms with E-state index in [0.29, 0.717) is 0 Å². The first-order valence-electron chi connectivity index (χ1n) is 24.5. The lowest BCUT2D eigenvalue weighted by Gasteiger charge is -2.33. The normalized spacial score (nSPS) is 12.7. The molecule has 0 heterocycles. The van der Waals surface area contributed by atoms with Crippen LogP contribution in [0.25, 0.3) is 53.9 Å². The van der Waals surface area contributed by atoms with Gasteiger partial charge in [-0.2, -0.15) is 0 Å². The maximum atomic E-state index is 2.54. The minimum absolute atomic E-state index is 0.0555. The Bertz CT molecular complexity index is 3260. The van der Waals surface area contributed by atoms with Crippen LogP contribution in [0.3, 0.4) is 0 Å². The molecule has 0 radical (unpaired) electrons. The summed E-state index contributed by atoms with van der Waals surface area (Å²) in [4.78, 5) is 5.07. The fourth-order valence-electron chi connectivity index (χ4n) is 9.98. The van der Waals surface area contributed by atoms with Gasteiger partial charge in [0.15, 0.2) is 0 Å². The van der Waals surface area contributed by atoms with Gasteiger partial charge in [0.25, 0.3) is 0 Å². The average molecular weight is 887 g/mol. The SMILES string of the molecule is CC(C)(C)c1cc(N(c2ccc3ccccc3c2)c2cc3c4ccccc4c(N(c4cc(C(C)(C)C)cc(C(C)(C)C)c4)c4ccc5ccccc5c4)cc3c3ccccc23)cc(C(C)(C)C)c1. The minimum Gasteiger partial charge on any atom is -0.310 e. The van der Waals surface area contributed by atoms with E-state index in [9.17, 15) is 0 Å². The molecule has 0 bridgehead atoms. The molecule has 0 aliphatic rings. The first kappa shape index (κ1) is 44.9. The summed E-state index contributed by atoms with van der Waals surface area (Å²) in [5.74, 6) is 0. The lowest BCUT2D eigenvalue weighted by molar-refractivity contribution is 0.568. The summed E-state index contributed by atoms with van der Waals surface area (Å²) in [6, 6.07) is 69.1. The summed E-state index contributed by atoms with van der Waals surface area (Å²) in [5.41, 5.74) is 12.0. The second-order valence-corrected chi connectivity index (χ2v) is 23.2. The Labute approximate surface area is 404 Å². The van der Waals surface area contributed by atoms with Gasteiger partial charge in [-0.05, 0) is 148 Å². The summed E-state index contributed by atoms with van der Waals surface area (Å²) < 4.78 is 0. The van der Waals surface area contributed by atoms with Crippen molar-refractivity contribution >= 4 is 88.0 Å². The quantitative estimate of drug-likeness (QED) is 0.154. The van der Waals surface area contributed by atoms with Gasteiger partial charge in [0.1, 0.15) is 0 Å². The van der Waals surface area contributed by atoms with Crippen molar-refractivity contribution in [1.82, 2.24) is 0 Å². The van der Waals surface area contributed by atoms with Crippen LogP contribution in [0.1, 0.15) is 105 Å². The molecule has 10 aromatic carbocycles. The molecule has 2 heteroatoms. The molecule has 0 saturated carbocycles. The molecule has 0 unspecified atom stereocenters. The smallest absolute Gasteiger partial charge is 0.0546 e. The molecule has 0 aromatic heterocycles. The molecular weight excluding hydrogens is 821 g/mol. The third-order valence-electron chi connectivity index (χ3n) is 14.1. The molecular formula is C66H66N2. The van der Waals surface area contributed by atoms with Crippen LogP contribution in [-0.4, -0.2) is 0 Å². The third-order valence-corrected chi connectivity index (χ3v) is 14.1. The van der Waals surface area contributed by atoms with Gasteiger partial charge >= 0.3 is 0 Å². The first-order chi connectivity index (χ1) is 32.2. The van der Waals surface area contributed by atoms with E-state index in [-0.39, 0.29) is 21.7 Å². The number of hydrogen-bond donors (Lipinski definition) is 0. The highest BCUT2D eigenvalue weighted by atomic mass is 15.2. The van der Waals surface area contributed by atoms with Gasteiger partial charge in [-0.3, -0.25) is 0 Å². The highest BCUT2D eigenvalue weighted by molar-refractivity contribution is 6.24. The van der Waals surface area contributed by atoms with Crippen LogP contribution in [0.2, 0.25) is 0 Å². The van der Waals surface area contributed by atoms with Crippen molar-refractivity contribution in [3.8, 4) is 0 Å². The molecule has 0 atom stereocenters. The molecule has 10 rings (SSSR count). The predicted octanol–water partition coefficient (Wildman–Crippen LogP) is 19.6. The molecule has 0 spiro atoms. The second kappa shape index (κ2) is 16.4. The second-order valence-electron chi connectivity index (χ2n) is 23.2. The molecule has 10 aromatic rings. The van der Waals surface area contributed by atoms with Gasteiger partial charge in [0.05, 0.1) is 11.4 Å². The highest BCUT2D eigenvalue weighted by Crippen LogP contribution is 2.50. The Kier molecular flexibility index (Phi) is 10.8. The molecule has 0 aliphatic heterocycles. The monoisotopic (exact) mass is 887 g/mol. The minimum atomic E-state index is -0.0555. The van der Waals surface area contributed by atoms with E-state index in [4.69, 9.17) is 0 Å². The molecule has 2 nitrogen and oxygen atoms in total. The zero-order valence-corrected chi connectivity index (χ0v) is 42.2. The molecule has 0 amide bonds. The average Bonchev–Trinajstić information content (AvgIpc) is 3.30. The summed E-state index contributed by atoms with van der Waals surface area (Å²) in [6.45, 7) is 28.0. The van der Waals surface area contributed by atoms with E-state index >= 15 is 0 Å². The molecule has 340 valence electrons. The molecule has 0 N–H and O–H groups in total. The zero-order chi connectivity index (χ0) is 47.9. The molecule has 0 aliphatic carbocycles. The topological polar surface area (TPSA) is 6.48 Å². The van der Waals surface area contributed by atoms with Crippen molar-refractivity contribution in [2.45, 2.75) is 105 Å². The summed E-state index contributed by atoms with van der Waals surface area (Å²) in [7, 11) is 0. The standard InChI is InChI=1S/C66H66N2/c1-63(2,3)47-35-48(64(4,5)6)38-53(37-47)67(51-31-29-43-21-13-15-23-45(43)33-51)61-41-59-56-26-18-20-28-58(56)62(42-60(59)55-25-17-19-27-57(55)61)68(52-32-30-44-22-14-16-24-46(44)34-52)54-39-49(65(7,8)9)36-50(40-54)66(10,11)12/h13-42H,1-12H3. The Morgan fingerprint density at radius 1 is 0.235 bits per heavy atom. The number of nitrogens with zero attached hydrogens (tertiary/aromatic N) is 2. The Morgan fingerprint density at radius 3 is 0.853 bits per heavy atom. The van der Waals surface area contributed by atoms with Gasteiger partial charge in [-0.1, -0.05) is 204 Å². The van der Waals surface area contributed by atoms with E-state index in [0.717, 1.165) is 22.7 Å². The van der Waals surface area contributed by atoms with E-state index < -0.39 is 0 Å². The van der Waals surface area contributed by atoms with Gasteiger partial charge in [0.2, 0.25) is 0 Å². The fraction of sp³-hybridized carbons (Fsp3) is 0.242. The molecule has 0 saturated heterocycles. The van der Waals surface area contributed by atoms with Crippen LogP contribution < -0.4 is 9.80 Å². The lowest BCUT2D eigenvalue weighted by atomic mass is 9.80. The molecule has 68 heavy (non-hydrogen) atoms. The van der Waals surface area contributed by atoms with Crippen LogP contribution in [-0.2, 0) is 21.7 Å². The van der Waals surface area contributed by atoms with Crippen molar-refractivity contribution in [1.29, 1.82) is 0 Å². The summed E-state index contributed by atoms with van der Waals surface area (Å²) in [6.07, 6.45) is 0. The number of rotatable bonds is 6. The third kappa shape index (κ3) is 8.29. The van der Waals surface area contributed by atoms with E-state index in [2.05, 4.69) is 275 Å². The van der Waals surface area contributed by atoms with E-state index in [1.54, 1.807) is 0 Å². The lowest BCUT2D eigenvalue weighted by Crippen LogP contribution is -2.19. The van der Waals surface area contributed by atoms with Crippen molar-refractivity contribution in [3.05, 3.63) is 204 Å². The zero-order valence-electron chi connectivity index (χ0n) is 42.2.